The third-order valence-corrected chi connectivity index (χ3v) is 13.6. The van der Waals surface area contributed by atoms with Gasteiger partial charge in [0.25, 0.3) is 0 Å². The van der Waals surface area contributed by atoms with E-state index in [1.165, 1.54) is 44.9 Å². The third-order valence-electron chi connectivity index (χ3n) is 13.6. The summed E-state index contributed by atoms with van der Waals surface area (Å²) in [6, 6.07) is 0. The Morgan fingerprint density at radius 2 is 1.59 bits per heavy atom. The lowest BCUT2D eigenvalue weighted by Crippen LogP contribution is -2.67. The van der Waals surface area contributed by atoms with Crippen LogP contribution in [-0.2, 0) is 0 Å². The number of aliphatic hydroxyl groups excluding tert-OH is 2. The normalized spacial score (nSPS) is 56.8. The number of hydrogen-bond acceptors (Lipinski definition) is 2. The predicted octanol–water partition coefficient (Wildman–Crippen LogP) is 7.00. The van der Waals surface area contributed by atoms with Crippen molar-refractivity contribution in [2.24, 2.45) is 56.7 Å². The summed E-state index contributed by atoms with van der Waals surface area (Å²) in [7, 11) is 0. The maximum Gasteiger partial charge on any atom is 0.0594 e. The van der Waals surface area contributed by atoms with E-state index in [1.54, 1.807) is 5.57 Å². The van der Waals surface area contributed by atoms with Gasteiger partial charge < -0.3 is 10.2 Å². The van der Waals surface area contributed by atoms with Crippen LogP contribution in [0.15, 0.2) is 11.6 Å². The van der Waals surface area contributed by atoms with Crippen molar-refractivity contribution in [3.8, 4) is 0 Å². The quantitative estimate of drug-likeness (QED) is 0.429. The highest BCUT2D eigenvalue weighted by atomic mass is 16.3. The molecular weight excluding hydrogens is 392 g/mol. The molecule has 0 aromatic carbocycles. The standard InChI is InChI=1S/C30H50O2/c1-19-10-15-30(18-31)17-16-28(6)21(25(30)20(19)2)8-9-23-27(5)13-12-24(32)26(3,4)22(27)11-14-29(23,28)7/h10,20-25,31-32H,8-9,11-18H2,1-7H3/t20-,21-,22+,23-,24-,25+,27+,28-,29-,30-/m1/s1. The van der Waals surface area contributed by atoms with Crippen LogP contribution in [0.4, 0.5) is 0 Å². The van der Waals surface area contributed by atoms with Gasteiger partial charge in [-0.1, -0.05) is 53.2 Å². The maximum atomic E-state index is 10.9. The average Bonchev–Trinajstić information content (AvgIpc) is 2.74. The maximum absolute atomic E-state index is 10.9. The van der Waals surface area contributed by atoms with Gasteiger partial charge >= 0.3 is 0 Å². The van der Waals surface area contributed by atoms with Gasteiger partial charge in [0.05, 0.1) is 6.10 Å². The molecule has 0 bridgehead atoms. The molecule has 5 aliphatic rings. The van der Waals surface area contributed by atoms with Crippen molar-refractivity contribution in [3.05, 3.63) is 11.6 Å². The van der Waals surface area contributed by atoms with Crippen LogP contribution in [0.2, 0.25) is 0 Å². The van der Waals surface area contributed by atoms with E-state index in [0.717, 1.165) is 24.7 Å². The summed E-state index contributed by atoms with van der Waals surface area (Å²) < 4.78 is 0. The zero-order valence-corrected chi connectivity index (χ0v) is 22.0. The minimum Gasteiger partial charge on any atom is -0.396 e. The van der Waals surface area contributed by atoms with E-state index in [0.29, 0.717) is 40.6 Å². The van der Waals surface area contributed by atoms with Gasteiger partial charge in [0.15, 0.2) is 0 Å². The Kier molecular flexibility index (Phi) is 5.19. The Hall–Kier alpha value is -0.340. The van der Waals surface area contributed by atoms with Crippen LogP contribution in [0.3, 0.4) is 0 Å². The highest BCUT2D eigenvalue weighted by Crippen LogP contribution is 2.76. The van der Waals surface area contributed by atoms with Crippen molar-refractivity contribution >= 4 is 0 Å². The van der Waals surface area contributed by atoms with Crippen LogP contribution < -0.4 is 0 Å². The Balaban J connectivity index is 1.55. The second kappa shape index (κ2) is 7.09. The number of fused-ring (bicyclic) bond motifs is 7. The Morgan fingerprint density at radius 1 is 0.875 bits per heavy atom. The molecule has 0 unspecified atom stereocenters. The molecule has 2 N–H and O–H groups in total. The van der Waals surface area contributed by atoms with Gasteiger partial charge in [0.2, 0.25) is 0 Å². The van der Waals surface area contributed by atoms with Crippen LogP contribution in [-0.4, -0.2) is 22.9 Å². The average molecular weight is 443 g/mol. The fourth-order valence-electron chi connectivity index (χ4n) is 11.3. The number of rotatable bonds is 1. The minimum absolute atomic E-state index is 0.0322. The zero-order valence-electron chi connectivity index (χ0n) is 22.0. The molecule has 0 amide bonds. The first kappa shape index (κ1) is 23.4. The molecule has 5 aliphatic carbocycles. The first-order valence-electron chi connectivity index (χ1n) is 13.8. The number of aliphatic hydroxyl groups is 2. The monoisotopic (exact) mass is 442 g/mol. The smallest absolute Gasteiger partial charge is 0.0594 e. The number of allylic oxidation sites excluding steroid dienone is 2. The van der Waals surface area contributed by atoms with Crippen molar-refractivity contribution in [3.63, 3.8) is 0 Å². The van der Waals surface area contributed by atoms with E-state index in [9.17, 15) is 10.2 Å². The Morgan fingerprint density at radius 3 is 2.28 bits per heavy atom. The molecule has 0 aromatic heterocycles. The van der Waals surface area contributed by atoms with Gasteiger partial charge in [-0.15, -0.1) is 0 Å². The van der Waals surface area contributed by atoms with Crippen LogP contribution in [0.1, 0.15) is 106 Å². The second-order valence-electron chi connectivity index (χ2n) is 14.5. The first-order valence-corrected chi connectivity index (χ1v) is 13.8. The van der Waals surface area contributed by atoms with E-state index in [-0.39, 0.29) is 16.9 Å². The molecule has 5 rings (SSSR count). The fourth-order valence-corrected chi connectivity index (χ4v) is 11.3. The van der Waals surface area contributed by atoms with Gasteiger partial charge in [-0.3, -0.25) is 0 Å². The molecule has 0 aromatic rings. The SMILES string of the molecule is CC1=CC[C@]2(CO)CC[C@]3(C)[C@H](CC[C@@H]4[C@@]5(C)CC[C@@H](O)C(C)(C)[C@@H]5CC[C@]43C)[C@@H]2[C@@H]1C. The lowest BCUT2D eigenvalue weighted by atomic mass is 9.31. The van der Waals surface area contributed by atoms with E-state index >= 15 is 0 Å². The molecule has 2 heteroatoms. The lowest BCUT2D eigenvalue weighted by molar-refractivity contribution is -0.254. The summed E-state index contributed by atoms with van der Waals surface area (Å²) in [5, 5.41) is 21.6. The zero-order chi connectivity index (χ0) is 23.3. The highest BCUT2D eigenvalue weighted by molar-refractivity contribution is 5.23. The van der Waals surface area contributed by atoms with Crippen molar-refractivity contribution in [2.45, 2.75) is 112 Å². The number of hydrogen-bond donors (Lipinski definition) is 2. The van der Waals surface area contributed by atoms with Crippen LogP contribution >= 0.6 is 0 Å². The third kappa shape index (κ3) is 2.66. The van der Waals surface area contributed by atoms with Gasteiger partial charge in [0.1, 0.15) is 0 Å². The summed E-state index contributed by atoms with van der Waals surface area (Å²) in [6.07, 6.45) is 13.3. The summed E-state index contributed by atoms with van der Waals surface area (Å²) in [5.41, 5.74) is 2.79. The molecule has 4 fully saturated rings. The molecule has 0 heterocycles. The van der Waals surface area contributed by atoms with Crippen molar-refractivity contribution in [1.29, 1.82) is 0 Å². The molecule has 0 saturated heterocycles. The predicted molar refractivity (Wildman–Crippen MR) is 132 cm³/mol. The Bertz CT molecular complexity index is 799. The van der Waals surface area contributed by atoms with Crippen molar-refractivity contribution < 1.29 is 10.2 Å². The van der Waals surface area contributed by atoms with E-state index in [2.05, 4.69) is 54.5 Å². The van der Waals surface area contributed by atoms with E-state index in [1.807, 2.05) is 0 Å². The fraction of sp³-hybridized carbons (Fsp3) is 0.933. The summed E-state index contributed by atoms with van der Waals surface area (Å²) in [4.78, 5) is 0. The Labute approximate surface area is 197 Å². The summed E-state index contributed by atoms with van der Waals surface area (Å²) in [6.45, 7) is 17.9. The van der Waals surface area contributed by atoms with Gasteiger partial charge in [-0.2, -0.15) is 0 Å². The summed E-state index contributed by atoms with van der Waals surface area (Å²) in [5.74, 6) is 3.35. The van der Waals surface area contributed by atoms with Crippen LogP contribution in [0, 0.1) is 56.7 Å². The van der Waals surface area contributed by atoms with Gasteiger partial charge in [0, 0.05) is 12.0 Å². The molecule has 4 saturated carbocycles. The molecule has 0 radical (unpaired) electrons. The second-order valence-corrected chi connectivity index (χ2v) is 14.5. The van der Waals surface area contributed by atoms with Crippen molar-refractivity contribution in [1.82, 2.24) is 0 Å². The summed E-state index contributed by atoms with van der Waals surface area (Å²) >= 11 is 0. The topological polar surface area (TPSA) is 40.5 Å². The van der Waals surface area contributed by atoms with Crippen LogP contribution in [0.5, 0.6) is 0 Å². The van der Waals surface area contributed by atoms with Crippen LogP contribution in [0.25, 0.3) is 0 Å². The van der Waals surface area contributed by atoms with Gasteiger partial charge in [-0.05, 0) is 116 Å². The molecule has 182 valence electrons. The molecular formula is C30H50O2. The molecule has 32 heavy (non-hydrogen) atoms. The largest absolute Gasteiger partial charge is 0.396 e. The van der Waals surface area contributed by atoms with E-state index < -0.39 is 0 Å². The molecule has 0 spiro atoms. The molecule has 10 atom stereocenters. The highest BCUT2D eigenvalue weighted by Gasteiger charge is 2.70. The lowest BCUT2D eigenvalue weighted by Gasteiger charge is -2.73. The van der Waals surface area contributed by atoms with Gasteiger partial charge in [-0.25, -0.2) is 0 Å². The van der Waals surface area contributed by atoms with Crippen molar-refractivity contribution in [2.75, 3.05) is 6.61 Å². The minimum atomic E-state index is -0.144. The first-order chi connectivity index (χ1) is 14.9. The molecule has 2 nitrogen and oxygen atoms in total. The molecule has 0 aliphatic heterocycles. The van der Waals surface area contributed by atoms with E-state index in [4.69, 9.17) is 0 Å².